The first-order valence-corrected chi connectivity index (χ1v) is 6.09. The molecular formula is C11H15F3N4O. The third-order valence-electron chi connectivity index (χ3n) is 3.39. The van der Waals surface area contributed by atoms with Crippen LogP contribution in [-0.2, 0) is 4.79 Å². The van der Waals surface area contributed by atoms with Crippen molar-refractivity contribution in [1.29, 1.82) is 0 Å². The SMILES string of the molecule is C[C@H](C(=O)N1CCC[C@@H](C(F)(F)F)C1)n1cncn1. The quantitative estimate of drug-likeness (QED) is 0.825. The molecule has 2 atom stereocenters. The monoisotopic (exact) mass is 276 g/mol. The van der Waals surface area contributed by atoms with Gasteiger partial charge in [0.15, 0.2) is 0 Å². The zero-order valence-corrected chi connectivity index (χ0v) is 10.5. The van der Waals surface area contributed by atoms with E-state index in [9.17, 15) is 18.0 Å². The fraction of sp³-hybridized carbons (Fsp3) is 0.727. The van der Waals surface area contributed by atoms with E-state index in [1.54, 1.807) is 6.92 Å². The Morgan fingerprint density at radius 3 is 2.79 bits per heavy atom. The second-order valence-corrected chi connectivity index (χ2v) is 4.72. The molecule has 1 amide bonds. The fourth-order valence-corrected chi connectivity index (χ4v) is 2.24. The minimum absolute atomic E-state index is 0.0883. The molecule has 0 spiro atoms. The van der Waals surface area contributed by atoms with Crippen LogP contribution in [0.4, 0.5) is 13.2 Å². The Bertz CT molecular complexity index is 432. The summed E-state index contributed by atoms with van der Waals surface area (Å²) < 4.78 is 39.4. The summed E-state index contributed by atoms with van der Waals surface area (Å²) in [6.07, 6.45) is -1.10. The van der Waals surface area contributed by atoms with Crippen LogP contribution in [0.15, 0.2) is 12.7 Å². The molecule has 0 aliphatic carbocycles. The molecule has 5 nitrogen and oxygen atoms in total. The van der Waals surface area contributed by atoms with Crippen LogP contribution >= 0.6 is 0 Å². The summed E-state index contributed by atoms with van der Waals surface area (Å²) in [6, 6.07) is -0.630. The highest BCUT2D eigenvalue weighted by atomic mass is 19.4. The number of rotatable bonds is 2. The van der Waals surface area contributed by atoms with Gasteiger partial charge in [0.2, 0.25) is 5.91 Å². The van der Waals surface area contributed by atoms with Gasteiger partial charge in [0.25, 0.3) is 0 Å². The van der Waals surface area contributed by atoms with Gasteiger partial charge in [-0.15, -0.1) is 0 Å². The highest BCUT2D eigenvalue weighted by Crippen LogP contribution is 2.33. The van der Waals surface area contributed by atoms with Crippen molar-refractivity contribution in [2.45, 2.75) is 32.0 Å². The molecule has 0 radical (unpaired) electrons. The zero-order valence-electron chi connectivity index (χ0n) is 10.5. The summed E-state index contributed by atoms with van der Waals surface area (Å²) in [6.45, 7) is 1.71. The lowest BCUT2D eigenvalue weighted by molar-refractivity contribution is -0.188. The van der Waals surface area contributed by atoms with Crippen LogP contribution in [-0.4, -0.2) is 44.8 Å². The van der Waals surface area contributed by atoms with E-state index in [-0.39, 0.29) is 18.9 Å². The molecule has 1 aliphatic rings. The van der Waals surface area contributed by atoms with Crippen molar-refractivity contribution in [3.05, 3.63) is 12.7 Å². The van der Waals surface area contributed by atoms with Gasteiger partial charge in [0.1, 0.15) is 18.7 Å². The first-order chi connectivity index (χ1) is 8.89. The highest BCUT2D eigenvalue weighted by molar-refractivity contribution is 5.80. The molecule has 0 unspecified atom stereocenters. The maximum absolute atomic E-state index is 12.7. The average molecular weight is 276 g/mol. The molecule has 19 heavy (non-hydrogen) atoms. The standard InChI is InChI=1S/C11H15F3N4O/c1-8(18-7-15-6-16-18)10(19)17-4-2-3-9(5-17)11(12,13)14/h6-9H,2-5H2,1H3/t8-,9-/m1/s1. The maximum Gasteiger partial charge on any atom is 0.393 e. The highest BCUT2D eigenvalue weighted by Gasteiger charge is 2.43. The summed E-state index contributed by atoms with van der Waals surface area (Å²) in [7, 11) is 0. The summed E-state index contributed by atoms with van der Waals surface area (Å²) in [5.74, 6) is -1.77. The van der Waals surface area contributed by atoms with E-state index >= 15 is 0 Å². The largest absolute Gasteiger partial charge is 0.393 e. The number of hydrogen-bond donors (Lipinski definition) is 0. The Labute approximate surface area is 108 Å². The van der Waals surface area contributed by atoms with Crippen molar-refractivity contribution >= 4 is 5.91 Å². The van der Waals surface area contributed by atoms with Gasteiger partial charge in [-0.25, -0.2) is 9.67 Å². The Morgan fingerprint density at radius 2 is 2.21 bits per heavy atom. The van der Waals surface area contributed by atoms with Gasteiger partial charge in [0.05, 0.1) is 5.92 Å². The molecule has 1 aliphatic heterocycles. The molecule has 106 valence electrons. The number of likely N-dealkylation sites (tertiary alicyclic amines) is 1. The van der Waals surface area contributed by atoms with Crippen LogP contribution in [0.1, 0.15) is 25.8 Å². The van der Waals surface area contributed by atoms with Crippen LogP contribution < -0.4 is 0 Å². The van der Waals surface area contributed by atoms with E-state index < -0.39 is 18.1 Å². The molecule has 8 heteroatoms. The zero-order chi connectivity index (χ0) is 14.0. The van der Waals surface area contributed by atoms with E-state index in [1.165, 1.54) is 22.2 Å². The predicted octanol–water partition coefficient (Wildman–Crippen LogP) is 1.64. The van der Waals surface area contributed by atoms with Crippen molar-refractivity contribution in [3.63, 3.8) is 0 Å². The fourth-order valence-electron chi connectivity index (χ4n) is 2.24. The van der Waals surface area contributed by atoms with Gasteiger partial charge in [0, 0.05) is 13.1 Å². The smallest absolute Gasteiger partial charge is 0.340 e. The van der Waals surface area contributed by atoms with Crippen LogP contribution in [0.5, 0.6) is 0 Å². The normalized spacial score (nSPS) is 22.3. The lowest BCUT2D eigenvalue weighted by Crippen LogP contribution is -2.46. The minimum Gasteiger partial charge on any atom is -0.340 e. The first kappa shape index (κ1) is 13.8. The number of nitrogens with zero attached hydrogens (tertiary/aromatic N) is 4. The maximum atomic E-state index is 12.7. The number of alkyl halides is 3. The van der Waals surface area contributed by atoms with Crippen molar-refractivity contribution in [2.24, 2.45) is 5.92 Å². The van der Waals surface area contributed by atoms with Crippen LogP contribution in [0.2, 0.25) is 0 Å². The Morgan fingerprint density at radius 1 is 1.47 bits per heavy atom. The minimum atomic E-state index is -4.24. The van der Waals surface area contributed by atoms with Gasteiger partial charge in [-0.05, 0) is 19.8 Å². The van der Waals surface area contributed by atoms with Gasteiger partial charge in [-0.1, -0.05) is 0 Å². The van der Waals surface area contributed by atoms with E-state index in [0.29, 0.717) is 13.0 Å². The van der Waals surface area contributed by atoms with E-state index in [2.05, 4.69) is 10.1 Å². The number of carbonyl (C=O) groups is 1. The van der Waals surface area contributed by atoms with Crippen LogP contribution in [0.25, 0.3) is 0 Å². The topological polar surface area (TPSA) is 51.0 Å². The summed E-state index contributed by atoms with van der Waals surface area (Å²) in [5.41, 5.74) is 0. The number of aromatic nitrogens is 3. The lowest BCUT2D eigenvalue weighted by atomic mass is 9.97. The third-order valence-corrected chi connectivity index (χ3v) is 3.39. The number of carbonyl (C=O) groups excluding carboxylic acids is 1. The van der Waals surface area contributed by atoms with Crippen LogP contribution in [0.3, 0.4) is 0 Å². The third kappa shape index (κ3) is 3.05. The van der Waals surface area contributed by atoms with Crippen molar-refractivity contribution in [2.75, 3.05) is 13.1 Å². The first-order valence-electron chi connectivity index (χ1n) is 6.09. The molecular weight excluding hydrogens is 261 g/mol. The van der Waals surface area contributed by atoms with Gasteiger partial charge >= 0.3 is 6.18 Å². The van der Waals surface area contributed by atoms with Crippen LogP contribution in [0, 0.1) is 5.92 Å². The van der Waals surface area contributed by atoms with E-state index in [0.717, 1.165) is 0 Å². The number of hydrogen-bond acceptors (Lipinski definition) is 3. The summed E-state index contributed by atoms with van der Waals surface area (Å²) in [4.78, 5) is 17.1. The molecule has 0 saturated carbocycles. The average Bonchev–Trinajstić information content (AvgIpc) is 2.90. The number of halogens is 3. The summed E-state index contributed by atoms with van der Waals surface area (Å²) >= 11 is 0. The Kier molecular flexibility index (Phi) is 3.77. The molecule has 2 rings (SSSR count). The number of amides is 1. The van der Waals surface area contributed by atoms with Crippen molar-refractivity contribution in [1.82, 2.24) is 19.7 Å². The van der Waals surface area contributed by atoms with E-state index in [1.807, 2.05) is 0 Å². The van der Waals surface area contributed by atoms with Gasteiger partial charge in [-0.2, -0.15) is 18.3 Å². The molecule has 1 aromatic rings. The predicted molar refractivity (Wildman–Crippen MR) is 60.1 cm³/mol. The van der Waals surface area contributed by atoms with Gasteiger partial charge in [-0.3, -0.25) is 4.79 Å². The number of piperidine rings is 1. The molecule has 1 aromatic heterocycles. The molecule has 0 N–H and O–H groups in total. The second-order valence-electron chi connectivity index (χ2n) is 4.72. The lowest BCUT2D eigenvalue weighted by Gasteiger charge is -2.35. The van der Waals surface area contributed by atoms with E-state index in [4.69, 9.17) is 0 Å². The molecule has 0 bridgehead atoms. The van der Waals surface area contributed by atoms with Gasteiger partial charge < -0.3 is 4.90 Å². The second kappa shape index (κ2) is 5.18. The summed E-state index contributed by atoms with van der Waals surface area (Å²) in [5, 5.41) is 3.84. The Hall–Kier alpha value is -1.60. The molecule has 2 heterocycles. The van der Waals surface area contributed by atoms with Crippen molar-refractivity contribution in [3.8, 4) is 0 Å². The molecule has 0 aromatic carbocycles. The van der Waals surface area contributed by atoms with Crippen molar-refractivity contribution < 1.29 is 18.0 Å². The molecule has 1 saturated heterocycles. The Balaban J connectivity index is 2.03. The molecule has 1 fully saturated rings.